The Morgan fingerprint density at radius 1 is 1.09 bits per heavy atom. The third-order valence-corrected chi connectivity index (χ3v) is 7.23. The number of ether oxygens (including phenoxy) is 2. The molecule has 3 aliphatic heterocycles. The Kier molecular flexibility index (Phi) is 7.17. The van der Waals surface area contributed by atoms with Crippen molar-refractivity contribution in [2.24, 2.45) is 5.92 Å². The summed E-state index contributed by atoms with van der Waals surface area (Å²) < 4.78 is 10.8. The molecule has 3 saturated heterocycles. The Balaban J connectivity index is 1.34. The van der Waals surface area contributed by atoms with Crippen LogP contribution in [0, 0.1) is 5.92 Å². The largest absolute Gasteiger partial charge is 0.497 e. The first kappa shape index (κ1) is 23.9. The summed E-state index contributed by atoms with van der Waals surface area (Å²) in [4.78, 5) is 30.1. The first-order chi connectivity index (χ1) is 15.7. The van der Waals surface area contributed by atoms with Crippen molar-refractivity contribution in [1.82, 2.24) is 15.1 Å². The minimum Gasteiger partial charge on any atom is -0.497 e. The Hall–Kier alpha value is -2.28. The summed E-state index contributed by atoms with van der Waals surface area (Å²) in [5.74, 6) is 0.790. The molecule has 33 heavy (non-hydrogen) atoms. The fraction of sp³-hybridized carbons (Fsp3) is 0.692. The van der Waals surface area contributed by atoms with Gasteiger partial charge in [-0.25, -0.2) is 4.79 Å². The molecule has 0 aromatic heterocycles. The molecule has 1 N–H and O–H groups in total. The summed E-state index contributed by atoms with van der Waals surface area (Å²) in [5.41, 5.74) is 0.744. The van der Waals surface area contributed by atoms with Gasteiger partial charge in [-0.05, 0) is 70.6 Å². The quantitative estimate of drug-likeness (QED) is 0.725. The van der Waals surface area contributed by atoms with Gasteiger partial charge in [0.25, 0.3) is 0 Å². The van der Waals surface area contributed by atoms with Crippen molar-refractivity contribution in [2.45, 2.75) is 89.6 Å². The normalized spacial score (nSPS) is 27.8. The molecule has 0 spiro atoms. The van der Waals surface area contributed by atoms with E-state index in [9.17, 15) is 9.59 Å². The second kappa shape index (κ2) is 9.92. The van der Waals surface area contributed by atoms with Crippen molar-refractivity contribution in [1.29, 1.82) is 0 Å². The molecule has 7 heteroatoms. The third-order valence-electron chi connectivity index (χ3n) is 7.23. The maximum Gasteiger partial charge on any atom is 0.410 e. The Labute approximate surface area is 197 Å². The van der Waals surface area contributed by atoms with Gasteiger partial charge in [0.1, 0.15) is 11.4 Å². The van der Waals surface area contributed by atoms with E-state index in [2.05, 4.69) is 22.3 Å². The Bertz CT molecular complexity index is 835. The van der Waals surface area contributed by atoms with Gasteiger partial charge in [-0.2, -0.15) is 0 Å². The van der Waals surface area contributed by atoms with Crippen molar-refractivity contribution in [3.05, 3.63) is 29.8 Å². The highest BCUT2D eigenvalue weighted by atomic mass is 16.6. The first-order valence-corrected chi connectivity index (χ1v) is 12.4. The monoisotopic (exact) mass is 457 g/mol. The van der Waals surface area contributed by atoms with Crippen molar-refractivity contribution in [3.63, 3.8) is 0 Å². The van der Waals surface area contributed by atoms with E-state index in [0.717, 1.165) is 44.4 Å². The predicted octanol–water partition coefficient (Wildman–Crippen LogP) is 3.95. The molecule has 1 aromatic carbocycles. The maximum absolute atomic E-state index is 13.2. The molecule has 0 saturated carbocycles. The second-order valence-electron chi connectivity index (χ2n) is 10.8. The molecule has 4 atom stereocenters. The molecular weight excluding hydrogens is 418 g/mol. The van der Waals surface area contributed by atoms with Crippen LogP contribution in [0.25, 0.3) is 0 Å². The minimum atomic E-state index is -0.530. The number of nitrogens with one attached hydrogen (secondary N) is 1. The van der Waals surface area contributed by atoms with Crippen LogP contribution < -0.4 is 10.1 Å². The molecular formula is C26H39N3O4. The maximum atomic E-state index is 13.2. The van der Waals surface area contributed by atoms with E-state index in [4.69, 9.17) is 9.47 Å². The van der Waals surface area contributed by atoms with Crippen molar-refractivity contribution < 1.29 is 19.1 Å². The number of fused-ring (bicyclic) bond motifs is 2. The molecule has 2 bridgehead atoms. The standard InChI is InChI=1S/C26H39N3O4/c1-26(2,3)33-25(31)28-14-6-5-7-19(17-28)24(30)27-22-15-20-10-13-23(22)29(20)16-18-8-11-21(32-4)12-9-18/h8-9,11-12,19-20,22-23H,5-7,10,13-17H2,1-4H3,(H,27,30)/t19?,20-,22+,23+/m0/s1. The average molecular weight is 458 g/mol. The number of hydrogen-bond donors (Lipinski definition) is 1. The number of amides is 2. The Morgan fingerprint density at radius 3 is 2.55 bits per heavy atom. The van der Waals surface area contributed by atoms with Crippen LogP contribution in [0.5, 0.6) is 5.75 Å². The lowest BCUT2D eigenvalue weighted by Gasteiger charge is -2.29. The zero-order valence-corrected chi connectivity index (χ0v) is 20.5. The summed E-state index contributed by atoms with van der Waals surface area (Å²) in [6.07, 6.45) is 5.71. The number of nitrogens with zero attached hydrogens (tertiary/aromatic N) is 2. The summed E-state index contributed by atoms with van der Waals surface area (Å²) in [7, 11) is 1.68. The average Bonchev–Trinajstić information content (AvgIpc) is 3.17. The van der Waals surface area contributed by atoms with Gasteiger partial charge in [-0.3, -0.25) is 9.69 Å². The lowest BCUT2D eigenvalue weighted by molar-refractivity contribution is -0.126. The molecule has 4 rings (SSSR count). The molecule has 3 fully saturated rings. The third kappa shape index (κ3) is 5.81. The lowest BCUT2D eigenvalue weighted by atomic mass is 9.94. The van der Waals surface area contributed by atoms with E-state index in [1.807, 2.05) is 32.9 Å². The van der Waals surface area contributed by atoms with Crippen molar-refractivity contribution in [3.8, 4) is 5.75 Å². The molecule has 0 aliphatic carbocycles. The topological polar surface area (TPSA) is 71.1 Å². The van der Waals surface area contributed by atoms with Crippen LogP contribution in [-0.4, -0.2) is 65.7 Å². The number of benzene rings is 1. The second-order valence-corrected chi connectivity index (χ2v) is 10.8. The highest BCUT2D eigenvalue weighted by Gasteiger charge is 2.47. The van der Waals surface area contributed by atoms with Crippen LogP contribution in [0.15, 0.2) is 24.3 Å². The Morgan fingerprint density at radius 2 is 1.85 bits per heavy atom. The van der Waals surface area contributed by atoms with E-state index >= 15 is 0 Å². The van der Waals surface area contributed by atoms with Crippen LogP contribution >= 0.6 is 0 Å². The predicted molar refractivity (Wildman–Crippen MR) is 127 cm³/mol. The molecule has 1 unspecified atom stereocenters. The zero-order chi connectivity index (χ0) is 23.6. The van der Waals surface area contributed by atoms with Gasteiger partial charge in [-0.1, -0.05) is 18.6 Å². The molecule has 2 amide bonds. The fourth-order valence-corrected chi connectivity index (χ4v) is 5.59. The van der Waals surface area contributed by atoms with E-state index in [1.54, 1.807) is 12.0 Å². The van der Waals surface area contributed by atoms with Crippen LogP contribution in [0.3, 0.4) is 0 Å². The fourth-order valence-electron chi connectivity index (χ4n) is 5.59. The number of likely N-dealkylation sites (tertiary alicyclic amines) is 1. The van der Waals surface area contributed by atoms with Gasteiger partial charge in [-0.15, -0.1) is 0 Å². The molecule has 1 aromatic rings. The highest BCUT2D eigenvalue weighted by Crippen LogP contribution is 2.39. The molecule has 3 heterocycles. The van der Waals surface area contributed by atoms with Gasteiger partial charge in [0.2, 0.25) is 5.91 Å². The van der Waals surface area contributed by atoms with Gasteiger partial charge >= 0.3 is 6.09 Å². The van der Waals surface area contributed by atoms with Crippen molar-refractivity contribution >= 4 is 12.0 Å². The summed E-state index contributed by atoms with van der Waals surface area (Å²) in [5, 5.41) is 3.37. The van der Waals surface area contributed by atoms with Crippen molar-refractivity contribution in [2.75, 3.05) is 20.2 Å². The van der Waals surface area contributed by atoms with Crippen LogP contribution in [0.4, 0.5) is 4.79 Å². The molecule has 0 radical (unpaired) electrons. The van der Waals surface area contributed by atoms with E-state index in [0.29, 0.717) is 25.2 Å². The number of carbonyl (C=O) groups is 2. The van der Waals surface area contributed by atoms with E-state index in [1.165, 1.54) is 12.0 Å². The summed E-state index contributed by atoms with van der Waals surface area (Å²) in [6, 6.07) is 9.36. The van der Waals surface area contributed by atoms with E-state index in [-0.39, 0.29) is 24.0 Å². The molecule has 3 aliphatic rings. The van der Waals surface area contributed by atoms with E-state index < -0.39 is 5.60 Å². The zero-order valence-electron chi connectivity index (χ0n) is 20.5. The number of hydrogen-bond acceptors (Lipinski definition) is 5. The smallest absolute Gasteiger partial charge is 0.410 e. The van der Waals surface area contributed by atoms with Gasteiger partial charge in [0, 0.05) is 37.8 Å². The van der Waals surface area contributed by atoms with Gasteiger partial charge in [0.15, 0.2) is 0 Å². The highest BCUT2D eigenvalue weighted by molar-refractivity contribution is 5.80. The molecule has 182 valence electrons. The molecule has 7 nitrogen and oxygen atoms in total. The minimum absolute atomic E-state index is 0.0902. The van der Waals surface area contributed by atoms with Crippen LogP contribution in [-0.2, 0) is 16.1 Å². The SMILES string of the molecule is COc1ccc(CN2[C@H]3CC[C@@H]2[C@H](NC(=O)C2CCCCN(C(=O)OC(C)(C)C)C2)C3)cc1. The number of carbonyl (C=O) groups excluding carboxylic acids is 2. The van der Waals surface area contributed by atoms with Gasteiger partial charge < -0.3 is 19.7 Å². The first-order valence-electron chi connectivity index (χ1n) is 12.4. The summed E-state index contributed by atoms with van der Waals surface area (Å²) >= 11 is 0. The lowest BCUT2D eigenvalue weighted by Crippen LogP contribution is -2.48. The van der Waals surface area contributed by atoms with Gasteiger partial charge in [0.05, 0.1) is 13.0 Å². The number of methoxy groups -OCH3 is 1. The van der Waals surface area contributed by atoms with Crippen LogP contribution in [0.2, 0.25) is 0 Å². The number of rotatable bonds is 5. The van der Waals surface area contributed by atoms with Crippen LogP contribution in [0.1, 0.15) is 64.9 Å². The summed E-state index contributed by atoms with van der Waals surface area (Å²) in [6.45, 7) is 7.63.